The number of nitrogens with one attached hydrogen (secondary N) is 1. The molecule has 0 bridgehead atoms. The molecule has 1 aliphatic rings. The van der Waals surface area contributed by atoms with Crippen LogP contribution in [-0.4, -0.2) is 62.6 Å². The predicted octanol–water partition coefficient (Wildman–Crippen LogP) is 0.134. The number of aromatic carboxylic acids is 1. The van der Waals surface area contributed by atoms with Gasteiger partial charge in [-0.15, -0.1) is 4.83 Å². The monoisotopic (exact) mass is 313 g/mol. The van der Waals surface area contributed by atoms with E-state index in [1.807, 2.05) is 7.05 Å². The maximum atomic E-state index is 12.4. The Bertz CT molecular complexity index is 637. The van der Waals surface area contributed by atoms with E-state index in [-0.39, 0.29) is 10.5 Å². The Hall–Kier alpha value is -1.48. The number of carbonyl (C=O) groups is 1. The number of benzene rings is 1. The van der Waals surface area contributed by atoms with E-state index in [1.165, 1.54) is 18.2 Å². The van der Waals surface area contributed by atoms with Gasteiger partial charge in [-0.2, -0.15) is 0 Å². The van der Waals surface area contributed by atoms with Gasteiger partial charge >= 0.3 is 5.97 Å². The SMILES string of the molecule is Cc1ccc(C(=O)O)cc1S(=O)(=O)NN1CCN(C)CC1. The minimum Gasteiger partial charge on any atom is -0.478 e. The Morgan fingerprint density at radius 1 is 1.24 bits per heavy atom. The van der Waals surface area contributed by atoms with E-state index in [2.05, 4.69) is 9.73 Å². The van der Waals surface area contributed by atoms with Crippen LogP contribution in [0.3, 0.4) is 0 Å². The van der Waals surface area contributed by atoms with Crippen LogP contribution in [0.5, 0.6) is 0 Å². The minimum atomic E-state index is -3.77. The lowest BCUT2D eigenvalue weighted by molar-refractivity contribution is 0.0696. The summed E-state index contributed by atoms with van der Waals surface area (Å²) in [5.74, 6) is -1.15. The van der Waals surface area contributed by atoms with Crippen LogP contribution in [0, 0.1) is 6.92 Å². The molecule has 0 spiro atoms. The molecule has 1 aromatic carbocycles. The van der Waals surface area contributed by atoms with Gasteiger partial charge in [0.25, 0.3) is 10.0 Å². The molecule has 2 rings (SSSR count). The summed E-state index contributed by atoms with van der Waals surface area (Å²) in [5.41, 5.74) is 0.473. The van der Waals surface area contributed by atoms with E-state index in [0.717, 1.165) is 13.1 Å². The first-order chi connectivity index (χ1) is 9.79. The maximum Gasteiger partial charge on any atom is 0.335 e. The number of likely N-dealkylation sites (N-methyl/N-ethyl adjacent to an activating group) is 1. The van der Waals surface area contributed by atoms with Crippen molar-refractivity contribution in [2.24, 2.45) is 0 Å². The van der Waals surface area contributed by atoms with Crippen LogP contribution in [-0.2, 0) is 10.0 Å². The van der Waals surface area contributed by atoms with E-state index in [4.69, 9.17) is 5.11 Å². The molecule has 116 valence electrons. The number of nitrogens with zero attached hydrogens (tertiary/aromatic N) is 2. The topological polar surface area (TPSA) is 89.9 Å². The lowest BCUT2D eigenvalue weighted by Crippen LogP contribution is -2.52. The first kappa shape index (κ1) is 15.9. The van der Waals surface area contributed by atoms with Gasteiger partial charge in [0, 0.05) is 26.2 Å². The molecule has 1 aromatic rings. The van der Waals surface area contributed by atoms with Crippen LogP contribution in [0.1, 0.15) is 15.9 Å². The second-order valence-corrected chi connectivity index (χ2v) is 6.80. The average Bonchev–Trinajstić information content (AvgIpc) is 2.41. The molecule has 0 amide bonds. The fourth-order valence-electron chi connectivity index (χ4n) is 2.14. The van der Waals surface area contributed by atoms with Gasteiger partial charge in [-0.25, -0.2) is 18.2 Å². The number of piperazine rings is 1. The zero-order valence-electron chi connectivity index (χ0n) is 12.0. The van der Waals surface area contributed by atoms with Crippen LogP contribution in [0.4, 0.5) is 0 Å². The third-order valence-corrected chi connectivity index (χ3v) is 4.99. The molecule has 1 heterocycles. The number of carboxylic acid groups (broad SMARTS) is 1. The van der Waals surface area contributed by atoms with Crippen molar-refractivity contribution in [2.75, 3.05) is 33.2 Å². The lowest BCUT2D eigenvalue weighted by atomic mass is 10.1. The van der Waals surface area contributed by atoms with Crippen LogP contribution in [0.15, 0.2) is 23.1 Å². The van der Waals surface area contributed by atoms with E-state index in [9.17, 15) is 13.2 Å². The van der Waals surface area contributed by atoms with Crippen molar-refractivity contribution in [1.82, 2.24) is 14.7 Å². The second kappa shape index (κ2) is 6.10. The van der Waals surface area contributed by atoms with Crippen molar-refractivity contribution in [3.05, 3.63) is 29.3 Å². The third kappa shape index (κ3) is 3.79. The Labute approximate surface area is 124 Å². The summed E-state index contributed by atoms with van der Waals surface area (Å²) in [4.78, 5) is 15.6. The Morgan fingerprint density at radius 2 is 1.86 bits per heavy atom. The smallest absolute Gasteiger partial charge is 0.335 e. The first-order valence-corrected chi connectivity index (χ1v) is 8.08. The molecule has 1 fully saturated rings. The first-order valence-electron chi connectivity index (χ1n) is 6.59. The number of rotatable bonds is 4. The average molecular weight is 313 g/mol. The number of hydrogen-bond acceptors (Lipinski definition) is 5. The molecule has 8 heteroatoms. The second-order valence-electron chi connectivity index (χ2n) is 5.17. The molecule has 0 saturated carbocycles. The molecule has 0 atom stereocenters. The van der Waals surface area contributed by atoms with E-state index in [0.29, 0.717) is 18.7 Å². The Morgan fingerprint density at radius 3 is 2.43 bits per heavy atom. The van der Waals surface area contributed by atoms with Gasteiger partial charge in [0.05, 0.1) is 10.5 Å². The normalized spacial score (nSPS) is 17.8. The van der Waals surface area contributed by atoms with Crippen molar-refractivity contribution in [3.63, 3.8) is 0 Å². The summed E-state index contributed by atoms with van der Waals surface area (Å²) < 4.78 is 24.8. The number of sulfonamides is 1. The molecule has 0 radical (unpaired) electrons. The van der Waals surface area contributed by atoms with Gasteiger partial charge in [-0.05, 0) is 31.7 Å². The molecular weight excluding hydrogens is 294 g/mol. The highest BCUT2D eigenvalue weighted by atomic mass is 32.2. The number of hydrazine groups is 1. The lowest BCUT2D eigenvalue weighted by Gasteiger charge is -2.32. The van der Waals surface area contributed by atoms with Crippen LogP contribution < -0.4 is 4.83 Å². The molecule has 1 aliphatic heterocycles. The highest BCUT2D eigenvalue weighted by molar-refractivity contribution is 7.89. The largest absolute Gasteiger partial charge is 0.478 e. The summed E-state index contributed by atoms with van der Waals surface area (Å²) in [5, 5.41) is 10.6. The number of aryl methyl sites for hydroxylation is 1. The molecule has 0 aliphatic carbocycles. The van der Waals surface area contributed by atoms with Crippen LogP contribution in [0.25, 0.3) is 0 Å². The third-order valence-electron chi connectivity index (χ3n) is 3.48. The van der Waals surface area contributed by atoms with Crippen LogP contribution >= 0.6 is 0 Å². The molecule has 1 saturated heterocycles. The van der Waals surface area contributed by atoms with E-state index in [1.54, 1.807) is 11.9 Å². The van der Waals surface area contributed by atoms with Gasteiger partial charge in [0.2, 0.25) is 0 Å². The van der Waals surface area contributed by atoms with E-state index < -0.39 is 16.0 Å². The summed E-state index contributed by atoms with van der Waals surface area (Å²) in [7, 11) is -1.79. The number of carboxylic acids is 1. The summed E-state index contributed by atoms with van der Waals surface area (Å²) >= 11 is 0. The summed E-state index contributed by atoms with van der Waals surface area (Å²) in [6.45, 7) is 4.37. The summed E-state index contributed by atoms with van der Waals surface area (Å²) in [6, 6.07) is 4.09. The fourth-order valence-corrected chi connectivity index (χ4v) is 3.53. The van der Waals surface area contributed by atoms with Gasteiger partial charge < -0.3 is 10.0 Å². The van der Waals surface area contributed by atoms with Gasteiger partial charge in [0.1, 0.15) is 0 Å². The van der Waals surface area contributed by atoms with Crippen molar-refractivity contribution in [1.29, 1.82) is 0 Å². The zero-order chi connectivity index (χ0) is 15.6. The van der Waals surface area contributed by atoms with Crippen LogP contribution in [0.2, 0.25) is 0 Å². The molecule has 0 unspecified atom stereocenters. The molecule has 0 aromatic heterocycles. The highest BCUT2D eigenvalue weighted by Crippen LogP contribution is 2.17. The predicted molar refractivity (Wildman–Crippen MR) is 77.5 cm³/mol. The van der Waals surface area contributed by atoms with Crippen molar-refractivity contribution in [3.8, 4) is 0 Å². The maximum absolute atomic E-state index is 12.4. The fraction of sp³-hybridized carbons (Fsp3) is 0.462. The van der Waals surface area contributed by atoms with Gasteiger partial charge in [0.15, 0.2) is 0 Å². The molecular formula is C13H19N3O4S. The van der Waals surface area contributed by atoms with Crippen molar-refractivity contribution >= 4 is 16.0 Å². The summed E-state index contributed by atoms with van der Waals surface area (Å²) in [6.07, 6.45) is 0. The highest BCUT2D eigenvalue weighted by Gasteiger charge is 2.23. The Kier molecular flexibility index (Phi) is 4.62. The van der Waals surface area contributed by atoms with Gasteiger partial charge in [-0.3, -0.25) is 0 Å². The van der Waals surface area contributed by atoms with Gasteiger partial charge in [-0.1, -0.05) is 6.07 Å². The zero-order valence-corrected chi connectivity index (χ0v) is 12.9. The van der Waals surface area contributed by atoms with Crippen molar-refractivity contribution in [2.45, 2.75) is 11.8 Å². The Balaban J connectivity index is 2.23. The minimum absolute atomic E-state index is 0.00123. The quantitative estimate of drug-likeness (QED) is 0.821. The molecule has 2 N–H and O–H groups in total. The number of hydrogen-bond donors (Lipinski definition) is 2. The van der Waals surface area contributed by atoms with Crippen molar-refractivity contribution < 1.29 is 18.3 Å². The standard InChI is InChI=1S/C13H19N3O4S/c1-10-3-4-11(13(17)18)9-12(10)21(19,20)14-16-7-5-15(2)6-8-16/h3-4,9,14H,5-8H2,1-2H3,(H,17,18). The van der Waals surface area contributed by atoms with E-state index >= 15 is 0 Å². The molecule has 21 heavy (non-hydrogen) atoms. The molecule has 7 nitrogen and oxygen atoms in total.